The quantitative estimate of drug-likeness (QED) is 0.815. The fourth-order valence-electron chi connectivity index (χ4n) is 2.30. The lowest BCUT2D eigenvalue weighted by atomic mass is 9.85. The van der Waals surface area contributed by atoms with Crippen LogP contribution in [0.2, 0.25) is 0 Å². The van der Waals surface area contributed by atoms with Gasteiger partial charge in [-0.15, -0.1) is 11.3 Å². The summed E-state index contributed by atoms with van der Waals surface area (Å²) in [7, 11) is 0. The highest BCUT2D eigenvalue weighted by atomic mass is 32.1. The third kappa shape index (κ3) is 2.44. The van der Waals surface area contributed by atoms with Crippen LogP contribution in [0.25, 0.3) is 0 Å². The minimum atomic E-state index is -0.442. The number of nitrogens with one attached hydrogen (secondary N) is 1. The molecule has 6 heteroatoms. The topological polar surface area (TPSA) is 85.1 Å². The molecule has 1 amide bonds. The summed E-state index contributed by atoms with van der Waals surface area (Å²) in [4.78, 5) is 27.5. The summed E-state index contributed by atoms with van der Waals surface area (Å²) >= 11 is 1.27. The Kier molecular flexibility index (Phi) is 3.77. The first-order chi connectivity index (χ1) is 8.57. The van der Waals surface area contributed by atoms with Crippen LogP contribution < -0.4 is 11.1 Å². The van der Waals surface area contributed by atoms with Crippen LogP contribution in [0, 0.1) is 5.41 Å². The summed E-state index contributed by atoms with van der Waals surface area (Å²) in [5, 5.41) is 4.92. The zero-order valence-electron chi connectivity index (χ0n) is 10.4. The molecule has 1 aliphatic carbocycles. The SMILES string of the molecule is CC(=O)c1csc(NC(=O)C2(CN)CCCC2)n1. The number of hydrogen-bond acceptors (Lipinski definition) is 5. The molecule has 1 fully saturated rings. The van der Waals surface area contributed by atoms with E-state index >= 15 is 0 Å². The minimum absolute atomic E-state index is 0.0630. The molecule has 1 aromatic heterocycles. The predicted octanol–water partition coefficient (Wildman–Crippen LogP) is 1.80. The second-order valence-electron chi connectivity index (χ2n) is 4.74. The Balaban J connectivity index is 2.08. The Morgan fingerprint density at radius 3 is 2.67 bits per heavy atom. The van der Waals surface area contributed by atoms with Gasteiger partial charge in [0.1, 0.15) is 5.69 Å². The van der Waals surface area contributed by atoms with Crippen molar-refractivity contribution in [1.82, 2.24) is 4.98 Å². The average Bonchev–Trinajstić information content (AvgIpc) is 2.97. The summed E-state index contributed by atoms with van der Waals surface area (Å²) < 4.78 is 0. The fourth-order valence-corrected chi connectivity index (χ4v) is 3.04. The third-order valence-corrected chi connectivity index (χ3v) is 4.28. The normalized spacial score (nSPS) is 17.7. The van der Waals surface area contributed by atoms with Gasteiger partial charge in [-0.1, -0.05) is 12.8 Å². The van der Waals surface area contributed by atoms with Crippen LogP contribution in [-0.2, 0) is 4.79 Å². The monoisotopic (exact) mass is 267 g/mol. The van der Waals surface area contributed by atoms with E-state index in [1.807, 2.05) is 0 Å². The standard InChI is InChI=1S/C12H17N3O2S/c1-8(16)9-6-18-11(14-9)15-10(17)12(7-13)4-2-3-5-12/h6H,2-5,7,13H2,1H3,(H,14,15,17). The first kappa shape index (κ1) is 13.2. The molecule has 3 N–H and O–H groups in total. The smallest absolute Gasteiger partial charge is 0.233 e. The lowest BCUT2D eigenvalue weighted by molar-refractivity contribution is -0.124. The van der Waals surface area contributed by atoms with Crippen molar-refractivity contribution in [2.45, 2.75) is 32.6 Å². The summed E-state index contributed by atoms with van der Waals surface area (Å²) in [5.41, 5.74) is 5.69. The van der Waals surface area contributed by atoms with Crippen LogP contribution in [0.15, 0.2) is 5.38 Å². The number of carbonyl (C=O) groups is 2. The van der Waals surface area contributed by atoms with Gasteiger partial charge in [-0.05, 0) is 12.8 Å². The molecule has 1 aromatic rings. The summed E-state index contributed by atoms with van der Waals surface area (Å²) in [6.45, 7) is 1.82. The summed E-state index contributed by atoms with van der Waals surface area (Å²) in [6.07, 6.45) is 3.75. The summed E-state index contributed by atoms with van der Waals surface area (Å²) in [5.74, 6) is -0.159. The Bertz CT molecular complexity index is 464. The fraction of sp³-hybridized carbons (Fsp3) is 0.583. The second kappa shape index (κ2) is 5.16. The molecule has 0 radical (unpaired) electrons. The Morgan fingerprint density at radius 2 is 2.17 bits per heavy atom. The van der Waals surface area contributed by atoms with Crippen molar-refractivity contribution in [2.24, 2.45) is 11.1 Å². The second-order valence-corrected chi connectivity index (χ2v) is 5.60. The number of amides is 1. The molecule has 1 saturated carbocycles. The number of Topliss-reactive ketones (excluding diaryl/α,β-unsaturated/α-hetero) is 1. The molecular formula is C12H17N3O2S. The maximum absolute atomic E-state index is 12.2. The van der Waals surface area contributed by atoms with Gasteiger partial charge in [-0.25, -0.2) is 4.98 Å². The van der Waals surface area contributed by atoms with Crippen LogP contribution in [0.5, 0.6) is 0 Å². The molecule has 5 nitrogen and oxygen atoms in total. The minimum Gasteiger partial charge on any atom is -0.329 e. The van der Waals surface area contributed by atoms with Crippen LogP contribution in [0.3, 0.4) is 0 Å². The first-order valence-corrected chi connectivity index (χ1v) is 6.93. The maximum Gasteiger partial charge on any atom is 0.233 e. The number of aromatic nitrogens is 1. The number of nitrogens with zero attached hydrogens (tertiary/aromatic N) is 1. The van der Waals surface area contributed by atoms with Gasteiger partial charge in [0, 0.05) is 18.8 Å². The Labute approximate surface area is 110 Å². The lowest BCUT2D eigenvalue weighted by Crippen LogP contribution is -2.40. The Morgan fingerprint density at radius 1 is 1.50 bits per heavy atom. The molecule has 2 rings (SSSR count). The van der Waals surface area contributed by atoms with Crippen LogP contribution in [0.1, 0.15) is 43.1 Å². The van der Waals surface area contributed by atoms with Crippen molar-refractivity contribution in [2.75, 3.05) is 11.9 Å². The van der Waals surface area contributed by atoms with Gasteiger partial charge in [-0.3, -0.25) is 9.59 Å². The molecule has 0 aromatic carbocycles. The molecule has 0 spiro atoms. The van der Waals surface area contributed by atoms with E-state index in [1.165, 1.54) is 18.3 Å². The number of hydrogen-bond donors (Lipinski definition) is 2. The largest absolute Gasteiger partial charge is 0.329 e. The van der Waals surface area contributed by atoms with Gasteiger partial charge < -0.3 is 11.1 Å². The van der Waals surface area contributed by atoms with E-state index in [2.05, 4.69) is 10.3 Å². The third-order valence-electron chi connectivity index (χ3n) is 3.52. The number of ketones is 1. The molecule has 0 unspecified atom stereocenters. The summed E-state index contributed by atoms with van der Waals surface area (Å²) in [6, 6.07) is 0. The van der Waals surface area contributed by atoms with Gasteiger partial charge in [0.05, 0.1) is 5.41 Å². The van der Waals surface area contributed by atoms with Gasteiger partial charge in [0.2, 0.25) is 5.91 Å². The van der Waals surface area contributed by atoms with Crippen LogP contribution >= 0.6 is 11.3 Å². The van der Waals surface area contributed by atoms with Crippen molar-refractivity contribution in [3.63, 3.8) is 0 Å². The number of carbonyl (C=O) groups excluding carboxylic acids is 2. The zero-order chi connectivity index (χ0) is 13.2. The van der Waals surface area contributed by atoms with Crippen molar-refractivity contribution in [3.05, 3.63) is 11.1 Å². The zero-order valence-corrected chi connectivity index (χ0v) is 11.2. The highest BCUT2D eigenvalue weighted by Gasteiger charge is 2.40. The Hall–Kier alpha value is -1.27. The lowest BCUT2D eigenvalue weighted by Gasteiger charge is -2.24. The first-order valence-electron chi connectivity index (χ1n) is 6.05. The van der Waals surface area contributed by atoms with Crippen LogP contribution in [-0.4, -0.2) is 23.2 Å². The van der Waals surface area contributed by atoms with Crippen molar-refractivity contribution < 1.29 is 9.59 Å². The van der Waals surface area contributed by atoms with E-state index in [0.29, 0.717) is 17.4 Å². The molecule has 0 aliphatic heterocycles. The molecule has 0 saturated heterocycles. The van der Waals surface area contributed by atoms with E-state index in [0.717, 1.165) is 25.7 Å². The number of thiazole rings is 1. The van der Waals surface area contributed by atoms with E-state index in [-0.39, 0.29) is 11.7 Å². The van der Waals surface area contributed by atoms with Gasteiger partial charge >= 0.3 is 0 Å². The number of rotatable bonds is 4. The molecule has 0 atom stereocenters. The molecule has 18 heavy (non-hydrogen) atoms. The highest BCUT2D eigenvalue weighted by molar-refractivity contribution is 7.14. The van der Waals surface area contributed by atoms with Crippen molar-refractivity contribution in [3.8, 4) is 0 Å². The van der Waals surface area contributed by atoms with E-state index in [9.17, 15) is 9.59 Å². The van der Waals surface area contributed by atoms with E-state index in [1.54, 1.807) is 5.38 Å². The average molecular weight is 267 g/mol. The molecule has 0 bridgehead atoms. The number of nitrogens with two attached hydrogens (primary N) is 1. The highest BCUT2D eigenvalue weighted by Crippen LogP contribution is 2.38. The molecule has 1 aliphatic rings. The van der Waals surface area contributed by atoms with E-state index in [4.69, 9.17) is 5.73 Å². The maximum atomic E-state index is 12.2. The molecule has 98 valence electrons. The van der Waals surface area contributed by atoms with Gasteiger partial charge in [0.15, 0.2) is 10.9 Å². The molecular weight excluding hydrogens is 250 g/mol. The van der Waals surface area contributed by atoms with Gasteiger partial charge in [-0.2, -0.15) is 0 Å². The van der Waals surface area contributed by atoms with Crippen molar-refractivity contribution in [1.29, 1.82) is 0 Å². The van der Waals surface area contributed by atoms with Crippen LogP contribution in [0.4, 0.5) is 5.13 Å². The van der Waals surface area contributed by atoms with E-state index < -0.39 is 5.41 Å². The molecule has 1 heterocycles. The van der Waals surface area contributed by atoms with Crippen molar-refractivity contribution >= 4 is 28.2 Å². The predicted molar refractivity (Wildman–Crippen MR) is 70.7 cm³/mol. The van der Waals surface area contributed by atoms with Gasteiger partial charge in [0.25, 0.3) is 0 Å². The number of anilines is 1.